The van der Waals surface area contributed by atoms with Crippen molar-refractivity contribution in [3.63, 3.8) is 0 Å². The topological polar surface area (TPSA) is 105 Å². The minimum Gasteiger partial charge on any atom is -0.446 e. The van der Waals surface area contributed by atoms with Crippen LogP contribution < -0.4 is 5.32 Å². The zero-order valence-electron chi connectivity index (χ0n) is 18.4. The minimum absolute atomic E-state index is 0.0504. The van der Waals surface area contributed by atoms with E-state index in [1.807, 2.05) is 31.9 Å². The third-order valence-corrected chi connectivity index (χ3v) is 5.29. The van der Waals surface area contributed by atoms with Crippen molar-refractivity contribution in [2.24, 2.45) is 7.05 Å². The number of amides is 1. The summed E-state index contributed by atoms with van der Waals surface area (Å²) in [5, 5.41) is 14.0. The number of likely N-dealkylation sites (tertiary alicyclic amines) is 1. The fourth-order valence-corrected chi connectivity index (χ4v) is 3.62. The molecule has 2 fully saturated rings. The number of carbonyl (C=O) groups excluding carboxylic acids is 2. The quantitative estimate of drug-likeness (QED) is 0.735. The molecule has 2 aromatic rings. The number of nitrogens with zero attached hydrogens (tertiary/aromatic N) is 4. The summed E-state index contributed by atoms with van der Waals surface area (Å²) in [5.41, 5.74) is 1.74. The van der Waals surface area contributed by atoms with Crippen molar-refractivity contribution in [2.45, 2.75) is 58.0 Å². The highest BCUT2D eigenvalue weighted by atomic mass is 16.6. The fourth-order valence-electron chi connectivity index (χ4n) is 3.62. The van der Waals surface area contributed by atoms with E-state index in [-0.39, 0.29) is 12.2 Å². The Morgan fingerprint density at radius 1 is 1.30 bits per heavy atom. The summed E-state index contributed by atoms with van der Waals surface area (Å²) in [5.74, 6) is 1.28. The van der Waals surface area contributed by atoms with Crippen LogP contribution in [0.25, 0.3) is 0 Å². The first-order chi connectivity index (χ1) is 14.6. The van der Waals surface area contributed by atoms with Crippen LogP contribution in [0.2, 0.25) is 0 Å². The average molecular weight is 419 g/mol. The molecular weight excluding hydrogens is 384 g/mol. The second-order valence-electron chi connectivity index (χ2n) is 7.17. The van der Waals surface area contributed by atoms with Crippen LogP contribution in [-0.2, 0) is 11.8 Å². The lowest BCUT2D eigenvalue weighted by Gasteiger charge is -2.19. The molecule has 1 amide bonds. The van der Waals surface area contributed by atoms with E-state index in [2.05, 4.69) is 20.6 Å². The van der Waals surface area contributed by atoms with Crippen LogP contribution in [0.15, 0.2) is 18.3 Å². The molecule has 2 aromatic heterocycles. The van der Waals surface area contributed by atoms with Gasteiger partial charge in [-0.25, -0.2) is 4.79 Å². The van der Waals surface area contributed by atoms with E-state index >= 15 is 0 Å². The summed E-state index contributed by atoms with van der Waals surface area (Å²) in [4.78, 5) is 23.8. The Hall–Kier alpha value is -2.84. The number of aryl methyl sites for hydroxylation is 1. The lowest BCUT2D eigenvalue weighted by Crippen LogP contribution is -2.31. The first-order valence-electron chi connectivity index (χ1n) is 10.7. The number of ether oxygens (including phenoxy) is 1. The number of aromatic nitrogens is 4. The zero-order chi connectivity index (χ0) is 21.9. The van der Waals surface area contributed by atoms with Gasteiger partial charge in [0.05, 0.1) is 0 Å². The molecule has 1 saturated carbocycles. The van der Waals surface area contributed by atoms with Gasteiger partial charge in [-0.3, -0.25) is 14.6 Å². The second-order valence-corrected chi connectivity index (χ2v) is 7.17. The molecule has 1 saturated heterocycles. The fraction of sp³-hybridized carbons (Fsp3) is 0.619. The van der Waals surface area contributed by atoms with Crippen molar-refractivity contribution in [2.75, 3.05) is 25.5 Å². The third-order valence-electron chi connectivity index (χ3n) is 5.29. The Balaban J connectivity index is 0.000000269. The van der Waals surface area contributed by atoms with Crippen LogP contribution in [0.4, 0.5) is 10.6 Å². The largest absolute Gasteiger partial charge is 0.446 e. The molecule has 2 aliphatic rings. The molecule has 2 atom stereocenters. The SMILES string of the molecule is CC.CNc1cc(C2CCC(OC(=O)N3CCCC3)C2)[nH]n1.Cn1nccc1C=O. The number of carbonyl (C=O) groups is 2. The van der Waals surface area contributed by atoms with Crippen LogP contribution in [0.5, 0.6) is 0 Å². The van der Waals surface area contributed by atoms with Crippen molar-refractivity contribution in [3.8, 4) is 0 Å². The van der Waals surface area contributed by atoms with E-state index in [4.69, 9.17) is 4.74 Å². The van der Waals surface area contributed by atoms with Gasteiger partial charge in [-0.1, -0.05) is 13.8 Å². The monoisotopic (exact) mass is 418 g/mol. The van der Waals surface area contributed by atoms with Gasteiger partial charge in [0.15, 0.2) is 6.29 Å². The lowest BCUT2D eigenvalue weighted by molar-refractivity contribution is 0.0709. The minimum atomic E-state index is -0.131. The highest BCUT2D eigenvalue weighted by Gasteiger charge is 2.31. The van der Waals surface area contributed by atoms with Gasteiger partial charge in [-0.2, -0.15) is 10.2 Å². The molecule has 0 radical (unpaired) electrons. The number of hydrogen-bond donors (Lipinski definition) is 2. The van der Waals surface area contributed by atoms with Gasteiger partial charge in [-0.05, 0) is 38.2 Å². The van der Waals surface area contributed by atoms with Gasteiger partial charge in [0, 0.05) is 51.1 Å². The summed E-state index contributed by atoms with van der Waals surface area (Å²) in [6, 6.07) is 3.70. The molecule has 1 aliphatic carbocycles. The third kappa shape index (κ3) is 6.33. The lowest BCUT2D eigenvalue weighted by atomic mass is 10.0. The summed E-state index contributed by atoms with van der Waals surface area (Å²) in [6.07, 6.45) is 7.36. The van der Waals surface area contributed by atoms with Crippen LogP contribution in [0.3, 0.4) is 0 Å². The molecular formula is C21H34N6O3. The van der Waals surface area contributed by atoms with Gasteiger partial charge in [0.25, 0.3) is 0 Å². The van der Waals surface area contributed by atoms with Crippen molar-refractivity contribution in [1.29, 1.82) is 0 Å². The maximum atomic E-state index is 12.0. The maximum absolute atomic E-state index is 12.0. The standard InChI is InChI=1S/C14H22N4O2.C5H6N2O.C2H6/c1-15-13-9-12(16-17-13)10-4-5-11(8-10)20-14(19)18-6-2-3-7-18;1-7-5(4-8)2-3-6-7;1-2/h9-11H,2-8H2,1H3,(H2,15,16,17);2-4H,1H3;1-2H3. The predicted octanol–water partition coefficient (Wildman–Crippen LogP) is 3.58. The Bertz CT molecular complexity index is 781. The molecule has 0 bridgehead atoms. The predicted molar refractivity (Wildman–Crippen MR) is 116 cm³/mol. The van der Waals surface area contributed by atoms with Gasteiger partial charge in [0.2, 0.25) is 0 Å². The number of anilines is 1. The van der Waals surface area contributed by atoms with Crippen LogP contribution >= 0.6 is 0 Å². The summed E-state index contributed by atoms with van der Waals surface area (Å²) in [7, 11) is 3.58. The average Bonchev–Trinajstić information content (AvgIpc) is 3.56. The summed E-state index contributed by atoms with van der Waals surface area (Å²) < 4.78 is 7.14. The summed E-state index contributed by atoms with van der Waals surface area (Å²) in [6.45, 7) is 5.70. The number of aromatic amines is 1. The number of aldehydes is 1. The number of nitrogens with one attached hydrogen (secondary N) is 2. The van der Waals surface area contributed by atoms with Crippen LogP contribution in [-0.4, -0.2) is 63.5 Å². The molecule has 0 aromatic carbocycles. The highest BCUT2D eigenvalue weighted by molar-refractivity contribution is 5.71. The molecule has 3 heterocycles. The van der Waals surface area contributed by atoms with Crippen molar-refractivity contribution < 1.29 is 14.3 Å². The first-order valence-corrected chi connectivity index (χ1v) is 10.7. The molecule has 9 heteroatoms. The highest BCUT2D eigenvalue weighted by Crippen LogP contribution is 2.36. The van der Waals surface area contributed by atoms with Gasteiger partial charge in [0.1, 0.15) is 17.6 Å². The molecule has 1 aliphatic heterocycles. The zero-order valence-corrected chi connectivity index (χ0v) is 18.4. The smallest absolute Gasteiger partial charge is 0.410 e. The Morgan fingerprint density at radius 3 is 2.57 bits per heavy atom. The molecule has 9 nitrogen and oxygen atoms in total. The first kappa shape index (κ1) is 23.4. The van der Waals surface area contributed by atoms with E-state index in [9.17, 15) is 9.59 Å². The van der Waals surface area contributed by atoms with Crippen molar-refractivity contribution >= 4 is 18.2 Å². The van der Waals surface area contributed by atoms with Gasteiger partial charge in [-0.15, -0.1) is 0 Å². The van der Waals surface area contributed by atoms with Crippen LogP contribution in [0.1, 0.15) is 68.1 Å². The molecule has 4 rings (SSSR count). The van der Waals surface area contributed by atoms with E-state index < -0.39 is 0 Å². The Labute approximate surface area is 178 Å². The molecule has 2 unspecified atom stereocenters. The molecule has 30 heavy (non-hydrogen) atoms. The van der Waals surface area contributed by atoms with Crippen LogP contribution in [0, 0.1) is 0 Å². The van der Waals surface area contributed by atoms with E-state index in [1.165, 1.54) is 4.68 Å². The van der Waals surface area contributed by atoms with Gasteiger partial charge < -0.3 is 15.0 Å². The number of rotatable bonds is 4. The van der Waals surface area contributed by atoms with E-state index in [1.54, 1.807) is 19.3 Å². The maximum Gasteiger partial charge on any atom is 0.410 e. The number of hydrogen-bond acceptors (Lipinski definition) is 6. The molecule has 0 spiro atoms. The van der Waals surface area contributed by atoms with E-state index in [0.29, 0.717) is 11.6 Å². The van der Waals surface area contributed by atoms with Crippen molar-refractivity contribution in [3.05, 3.63) is 29.7 Å². The molecule has 2 N–H and O–H groups in total. The second kappa shape index (κ2) is 12.0. The summed E-state index contributed by atoms with van der Waals surface area (Å²) >= 11 is 0. The number of H-pyrrole nitrogens is 1. The van der Waals surface area contributed by atoms with Crippen molar-refractivity contribution in [1.82, 2.24) is 24.9 Å². The van der Waals surface area contributed by atoms with E-state index in [0.717, 1.165) is 63.0 Å². The van der Waals surface area contributed by atoms with Gasteiger partial charge >= 0.3 is 6.09 Å². The Kier molecular flexibility index (Phi) is 9.37. The normalized spacial score (nSPS) is 19.9. The Morgan fingerprint density at radius 2 is 2.03 bits per heavy atom. The molecule has 166 valence electrons.